The highest BCUT2D eigenvalue weighted by Gasteiger charge is 2.21. The van der Waals surface area contributed by atoms with E-state index in [0.717, 1.165) is 89.0 Å². The Morgan fingerprint density at radius 2 is 1.90 bits per heavy atom. The van der Waals surface area contributed by atoms with Gasteiger partial charge in [0.2, 0.25) is 0 Å². The minimum absolute atomic E-state index is 0.352. The number of hydrogen-bond acceptors (Lipinski definition) is 5. The van der Waals surface area contributed by atoms with Gasteiger partial charge in [-0.15, -0.1) is 0 Å². The Bertz CT molecular complexity index is 646. The normalized spacial score (nSPS) is 15.2. The number of hydrogen-bond donors (Lipinski definition) is 1. The summed E-state index contributed by atoms with van der Waals surface area (Å²) in [6.07, 6.45) is 5.36. The topological polar surface area (TPSA) is 64.6 Å². The van der Waals surface area contributed by atoms with E-state index >= 15 is 0 Å². The van der Waals surface area contributed by atoms with Gasteiger partial charge >= 0.3 is 0 Å². The van der Waals surface area contributed by atoms with Crippen LogP contribution in [0.3, 0.4) is 0 Å². The SMILES string of the molecule is CCNC(=NCCCc1ccc(OC)c(OCC)c1)N1CCC(OCCCOC)CC1. The highest BCUT2D eigenvalue weighted by Crippen LogP contribution is 2.28. The van der Waals surface area contributed by atoms with Crippen LogP contribution in [-0.2, 0) is 15.9 Å². The molecule has 0 aliphatic carbocycles. The Morgan fingerprint density at radius 3 is 2.58 bits per heavy atom. The quantitative estimate of drug-likeness (QED) is 0.291. The zero-order chi connectivity index (χ0) is 22.3. The van der Waals surface area contributed by atoms with Crippen LogP contribution in [0.15, 0.2) is 23.2 Å². The molecular formula is C24H41N3O4. The second kappa shape index (κ2) is 14.9. The molecule has 1 aromatic carbocycles. The Morgan fingerprint density at radius 1 is 1.10 bits per heavy atom. The second-order valence-corrected chi connectivity index (χ2v) is 7.66. The number of rotatable bonds is 13. The fourth-order valence-corrected chi connectivity index (χ4v) is 3.73. The summed E-state index contributed by atoms with van der Waals surface area (Å²) < 4.78 is 22.1. The van der Waals surface area contributed by atoms with Crippen molar-refractivity contribution < 1.29 is 18.9 Å². The fourth-order valence-electron chi connectivity index (χ4n) is 3.73. The molecule has 2 rings (SSSR count). The van der Waals surface area contributed by atoms with Gasteiger partial charge in [-0.3, -0.25) is 4.99 Å². The van der Waals surface area contributed by atoms with Crippen molar-refractivity contribution in [1.29, 1.82) is 0 Å². The van der Waals surface area contributed by atoms with Crippen LogP contribution < -0.4 is 14.8 Å². The zero-order valence-corrected chi connectivity index (χ0v) is 19.8. The van der Waals surface area contributed by atoms with Crippen molar-refractivity contribution in [3.8, 4) is 11.5 Å². The van der Waals surface area contributed by atoms with Gasteiger partial charge < -0.3 is 29.2 Å². The highest BCUT2D eigenvalue weighted by atomic mass is 16.5. The van der Waals surface area contributed by atoms with Crippen LogP contribution in [0.5, 0.6) is 11.5 Å². The summed E-state index contributed by atoms with van der Waals surface area (Å²) in [5.74, 6) is 2.61. The molecule has 1 saturated heterocycles. The lowest BCUT2D eigenvalue weighted by atomic mass is 10.1. The first-order chi connectivity index (χ1) is 15.2. The average Bonchev–Trinajstić information content (AvgIpc) is 2.80. The molecule has 0 spiro atoms. The summed E-state index contributed by atoms with van der Waals surface area (Å²) in [6, 6.07) is 6.16. The standard InChI is InChI=1S/C24H41N3O4/c1-5-25-24(27-15-12-21(13-16-27)31-18-8-17-28-3)26-14-7-9-20-10-11-22(29-4)23(19-20)30-6-2/h10-11,19,21H,5-9,12-18H2,1-4H3,(H,25,26). The third-order valence-corrected chi connectivity index (χ3v) is 5.34. The molecule has 0 saturated carbocycles. The second-order valence-electron chi connectivity index (χ2n) is 7.66. The van der Waals surface area contributed by atoms with E-state index in [1.165, 1.54) is 5.56 Å². The van der Waals surface area contributed by atoms with Gasteiger partial charge in [-0.1, -0.05) is 6.07 Å². The molecule has 1 heterocycles. The lowest BCUT2D eigenvalue weighted by molar-refractivity contribution is 0.00990. The number of benzene rings is 1. The Balaban J connectivity index is 1.79. The van der Waals surface area contributed by atoms with E-state index in [4.69, 9.17) is 23.9 Å². The highest BCUT2D eigenvalue weighted by molar-refractivity contribution is 5.80. The molecule has 1 fully saturated rings. The van der Waals surface area contributed by atoms with E-state index in [1.807, 2.05) is 13.0 Å². The maximum Gasteiger partial charge on any atom is 0.193 e. The van der Waals surface area contributed by atoms with Crippen LogP contribution in [0.25, 0.3) is 0 Å². The van der Waals surface area contributed by atoms with E-state index in [9.17, 15) is 0 Å². The van der Waals surface area contributed by atoms with Crippen molar-refractivity contribution in [2.24, 2.45) is 4.99 Å². The number of likely N-dealkylation sites (tertiary alicyclic amines) is 1. The predicted octanol–water partition coefficient (Wildman–Crippen LogP) is 3.51. The summed E-state index contributed by atoms with van der Waals surface area (Å²) in [6.45, 7) is 9.92. The summed E-state index contributed by atoms with van der Waals surface area (Å²) >= 11 is 0. The molecule has 7 heteroatoms. The number of nitrogens with one attached hydrogen (secondary N) is 1. The Kier molecular flexibility index (Phi) is 12.2. The van der Waals surface area contributed by atoms with Crippen LogP contribution in [0.4, 0.5) is 0 Å². The van der Waals surface area contributed by atoms with Gasteiger partial charge in [0.1, 0.15) is 0 Å². The number of piperidine rings is 1. The molecule has 0 bridgehead atoms. The summed E-state index contributed by atoms with van der Waals surface area (Å²) in [5.41, 5.74) is 1.25. The molecule has 0 radical (unpaired) electrons. The van der Waals surface area contributed by atoms with E-state index in [-0.39, 0.29) is 0 Å². The molecule has 1 aromatic rings. The molecule has 7 nitrogen and oxygen atoms in total. The third kappa shape index (κ3) is 8.95. The molecule has 1 aliphatic rings. The summed E-state index contributed by atoms with van der Waals surface area (Å²) in [4.78, 5) is 7.23. The van der Waals surface area contributed by atoms with Crippen LogP contribution in [0.2, 0.25) is 0 Å². The van der Waals surface area contributed by atoms with Crippen molar-refractivity contribution in [2.75, 3.05) is 60.2 Å². The lowest BCUT2D eigenvalue weighted by Gasteiger charge is -2.34. The minimum atomic E-state index is 0.352. The maximum absolute atomic E-state index is 5.98. The van der Waals surface area contributed by atoms with Gasteiger partial charge in [0.25, 0.3) is 0 Å². The van der Waals surface area contributed by atoms with Crippen molar-refractivity contribution in [3.05, 3.63) is 23.8 Å². The maximum atomic E-state index is 5.98. The first-order valence-electron chi connectivity index (χ1n) is 11.6. The number of aliphatic imine (C=N–C) groups is 1. The van der Waals surface area contributed by atoms with E-state index < -0.39 is 0 Å². The lowest BCUT2D eigenvalue weighted by Crippen LogP contribution is -2.47. The van der Waals surface area contributed by atoms with Crippen molar-refractivity contribution in [1.82, 2.24) is 10.2 Å². The van der Waals surface area contributed by atoms with E-state index in [0.29, 0.717) is 12.7 Å². The third-order valence-electron chi connectivity index (χ3n) is 5.34. The van der Waals surface area contributed by atoms with Crippen molar-refractivity contribution in [3.63, 3.8) is 0 Å². The Labute approximate surface area is 188 Å². The average molecular weight is 436 g/mol. The molecule has 0 atom stereocenters. The molecule has 31 heavy (non-hydrogen) atoms. The van der Waals surface area contributed by atoms with Gasteiger partial charge in [-0.25, -0.2) is 0 Å². The minimum Gasteiger partial charge on any atom is -0.493 e. The molecular weight excluding hydrogens is 394 g/mol. The molecule has 0 unspecified atom stereocenters. The van der Waals surface area contributed by atoms with Gasteiger partial charge in [0, 0.05) is 46.5 Å². The van der Waals surface area contributed by atoms with E-state index in [2.05, 4.69) is 29.3 Å². The largest absolute Gasteiger partial charge is 0.493 e. The number of guanidine groups is 1. The van der Waals surface area contributed by atoms with Crippen molar-refractivity contribution in [2.45, 2.75) is 52.1 Å². The Hall–Kier alpha value is -1.99. The van der Waals surface area contributed by atoms with Gasteiger partial charge in [-0.05, 0) is 63.6 Å². The molecule has 1 aliphatic heterocycles. The number of aryl methyl sites for hydroxylation is 1. The first kappa shape index (κ1) is 25.3. The molecule has 0 aromatic heterocycles. The number of nitrogens with zero attached hydrogens (tertiary/aromatic N) is 2. The predicted molar refractivity (Wildman–Crippen MR) is 126 cm³/mol. The fraction of sp³-hybridized carbons (Fsp3) is 0.708. The first-order valence-corrected chi connectivity index (χ1v) is 11.6. The monoisotopic (exact) mass is 435 g/mol. The molecule has 1 N–H and O–H groups in total. The van der Waals surface area contributed by atoms with Crippen molar-refractivity contribution >= 4 is 5.96 Å². The zero-order valence-electron chi connectivity index (χ0n) is 19.8. The molecule has 176 valence electrons. The van der Waals surface area contributed by atoms with Gasteiger partial charge in [0.15, 0.2) is 17.5 Å². The number of methoxy groups -OCH3 is 2. The van der Waals surface area contributed by atoms with Crippen LogP contribution in [0.1, 0.15) is 45.1 Å². The van der Waals surface area contributed by atoms with Crippen LogP contribution in [-0.4, -0.2) is 77.2 Å². The van der Waals surface area contributed by atoms with Gasteiger partial charge in [-0.2, -0.15) is 0 Å². The van der Waals surface area contributed by atoms with E-state index in [1.54, 1.807) is 14.2 Å². The molecule has 0 amide bonds. The summed E-state index contributed by atoms with van der Waals surface area (Å²) in [5, 5.41) is 3.45. The van der Waals surface area contributed by atoms with Crippen LogP contribution >= 0.6 is 0 Å². The smallest absolute Gasteiger partial charge is 0.193 e. The van der Waals surface area contributed by atoms with Crippen LogP contribution in [0, 0.1) is 0 Å². The summed E-state index contributed by atoms with van der Waals surface area (Å²) in [7, 11) is 3.40. The number of ether oxygens (including phenoxy) is 4. The van der Waals surface area contributed by atoms with Gasteiger partial charge in [0.05, 0.1) is 19.8 Å².